The molecular formula is C18H28NP. The van der Waals surface area contributed by atoms with Crippen LogP contribution in [0.1, 0.15) is 54.0 Å². The average Bonchev–Trinajstić information content (AvgIpc) is 3.04. The molecule has 0 aromatic heterocycles. The van der Waals surface area contributed by atoms with Crippen molar-refractivity contribution in [3.8, 4) is 0 Å². The molecule has 1 aromatic rings. The Hall–Kier alpha value is -0.650. The number of allylic oxidation sites excluding steroid dienone is 1. The molecule has 1 atom stereocenters. The lowest BCUT2D eigenvalue weighted by atomic mass is 9.95. The zero-order valence-electron chi connectivity index (χ0n) is 13.9. The summed E-state index contributed by atoms with van der Waals surface area (Å²) in [5, 5.41) is 3.30. The summed E-state index contributed by atoms with van der Waals surface area (Å²) in [5.74, 6) is 0. The summed E-state index contributed by atoms with van der Waals surface area (Å²) in [5.41, 5.74) is 1.70. The molecule has 2 heteroatoms. The SMILES string of the molecule is CC(C)N(C(C)C)P1C(c2ccccc2)=C1C(C)(C)C. The summed E-state index contributed by atoms with van der Waals surface area (Å²) >= 11 is 0. The molecule has 1 nitrogen and oxygen atoms in total. The number of hydrogen-bond donors (Lipinski definition) is 0. The molecule has 0 amide bonds. The first-order chi connectivity index (χ1) is 9.25. The number of hydrogen-bond acceptors (Lipinski definition) is 1. The van der Waals surface area contributed by atoms with Crippen molar-refractivity contribution in [3.05, 3.63) is 41.2 Å². The van der Waals surface area contributed by atoms with Crippen LogP contribution in [0, 0.1) is 5.41 Å². The molecule has 0 bridgehead atoms. The Morgan fingerprint density at radius 3 is 1.80 bits per heavy atom. The van der Waals surface area contributed by atoms with Gasteiger partial charge in [0.05, 0.1) is 0 Å². The van der Waals surface area contributed by atoms with Gasteiger partial charge < -0.3 is 0 Å². The van der Waals surface area contributed by atoms with E-state index < -0.39 is 0 Å². The quantitative estimate of drug-likeness (QED) is 0.621. The van der Waals surface area contributed by atoms with Gasteiger partial charge in [-0.1, -0.05) is 51.1 Å². The highest BCUT2D eigenvalue weighted by Gasteiger charge is 2.48. The van der Waals surface area contributed by atoms with Gasteiger partial charge in [-0.25, -0.2) is 0 Å². The minimum absolute atomic E-state index is 0.217. The predicted molar refractivity (Wildman–Crippen MR) is 91.8 cm³/mol. The first-order valence-corrected chi connectivity index (χ1v) is 8.93. The standard InChI is InChI=1S/C18H28NP/c1-13(2)19(14(3)4)20-16(17(20)18(5,6)7)15-11-9-8-10-12-15/h8-14H,1-7H3. The third-order valence-electron chi connectivity index (χ3n) is 3.64. The summed E-state index contributed by atoms with van der Waals surface area (Å²) in [6.45, 7) is 16.4. The Kier molecular flexibility index (Phi) is 4.42. The molecule has 110 valence electrons. The fourth-order valence-electron chi connectivity index (χ4n) is 2.97. The summed E-state index contributed by atoms with van der Waals surface area (Å²) in [6.07, 6.45) is 0. The van der Waals surface area contributed by atoms with Gasteiger partial charge in [0.25, 0.3) is 0 Å². The largest absolute Gasteiger partial charge is 0.270 e. The topological polar surface area (TPSA) is 3.24 Å². The molecule has 1 aliphatic heterocycles. The molecule has 20 heavy (non-hydrogen) atoms. The van der Waals surface area contributed by atoms with Crippen LogP contribution in [0.3, 0.4) is 0 Å². The Labute approximate surface area is 125 Å². The first-order valence-electron chi connectivity index (χ1n) is 7.63. The van der Waals surface area contributed by atoms with Crippen LogP contribution in [-0.2, 0) is 0 Å². The van der Waals surface area contributed by atoms with E-state index in [4.69, 9.17) is 0 Å². The van der Waals surface area contributed by atoms with E-state index in [-0.39, 0.29) is 13.5 Å². The second-order valence-corrected chi connectivity index (χ2v) is 9.17. The van der Waals surface area contributed by atoms with Crippen LogP contribution in [-0.4, -0.2) is 16.8 Å². The monoisotopic (exact) mass is 289 g/mol. The van der Waals surface area contributed by atoms with Gasteiger partial charge in [0.2, 0.25) is 0 Å². The smallest absolute Gasteiger partial charge is 0.0266 e. The van der Waals surface area contributed by atoms with Crippen molar-refractivity contribution in [1.82, 2.24) is 4.67 Å². The van der Waals surface area contributed by atoms with E-state index in [0.29, 0.717) is 12.1 Å². The fraction of sp³-hybridized carbons (Fsp3) is 0.556. The Bertz CT molecular complexity index is 486. The fourth-order valence-corrected chi connectivity index (χ4v) is 6.30. The Morgan fingerprint density at radius 2 is 1.40 bits per heavy atom. The van der Waals surface area contributed by atoms with Crippen LogP contribution in [0.4, 0.5) is 0 Å². The van der Waals surface area contributed by atoms with E-state index >= 15 is 0 Å². The summed E-state index contributed by atoms with van der Waals surface area (Å²) in [7, 11) is -0.217. The molecule has 1 unspecified atom stereocenters. The van der Waals surface area contributed by atoms with Crippen molar-refractivity contribution in [3.63, 3.8) is 0 Å². The lowest BCUT2D eigenvalue weighted by Crippen LogP contribution is -2.30. The number of benzene rings is 1. The van der Waals surface area contributed by atoms with Crippen LogP contribution in [0.15, 0.2) is 35.6 Å². The van der Waals surface area contributed by atoms with Gasteiger partial charge >= 0.3 is 0 Å². The molecule has 1 aliphatic rings. The first kappa shape index (κ1) is 15.7. The van der Waals surface area contributed by atoms with Crippen molar-refractivity contribution >= 4 is 13.4 Å². The second-order valence-electron chi connectivity index (χ2n) is 7.19. The Balaban J connectivity index is 2.38. The highest BCUT2D eigenvalue weighted by Crippen LogP contribution is 2.81. The van der Waals surface area contributed by atoms with Crippen molar-refractivity contribution in [2.75, 3.05) is 0 Å². The van der Waals surface area contributed by atoms with Gasteiger partial charge in [0.15, 0.2) is 0 Å². The molecule has 0 spiro atoms. The Morgan fingerprint density at radius 1 is 0.900 bits per heavy atom. The molecular weight excluding hydrogens is 261 g/mol. The van der Waals surface area contributed by atoms with E-state index in [0.717, 1.165) is 0 Å². The van der Waals surface area contributed by atoms with Crippen molar-refractivity contribution in [1.29, 1.82) is 0 Å². The van der Waals surface area contributed by atoms with Crippen molar-refractivity contribution < 1.29 is 0 Å². The summed E-state index contributed by atoms with van der Waals surface area (Å²) in [6, 6.07) is 12.1. The average molecular weight is 289 g/mol. The van der Waals surface area contributed by atoms with Gasteiger partial charge in [-0.3, -0.25) is 4.67 Å². The maximum absolute atomic E-state index is 2.71. The van der Waals surface area contributed by atoms with E-state index in [1.165, 1.54) is 5.56 Å². The molecule has 0 saturated heterocycles. The molecule has 0 fully saturated rings. The molecule has 0 radical (unpaired) electrons. The zero-order valence-corrected chi connectivity index (χ0v) is 14.8. The number of nitrogens with zero attached hydrogens (tertiary/aromatic N) is 1. The highest BCUT2D eigenvalue weighted by atomic mass is 31.1. The van der Waals surface area contributed by atoms with Crippen molar-refractivity contribution in [2.45, 2.75) is 60.5 Å². The van der Waals surface area contributed by atoms with Gasteiger partial charge in [0, 0.05) is 25.5 Å². The minimum Gasteiger partial charge on any atom is -0.270 e. The molecule has 1 heterocycles. The zero-order chi connectivity index (χ0) is 15.1. The van der Waals surface area contributed by atoms with Crippen LogP contribution < -0.4 is 0 Å². The maximum atomic E-state index is 2.71. The lowest BCUT2D eigenvalue weighted by Gasteiger charge is -2.33. The molecule has 0 aliphatic carbocycles. The molecule has 0 N–H and O–H groups in total. The van der Waals surface area contributed by atoms with E-state index in [1.54, 1.807) is 10.6 Å². The predicted octanol–water partition coefficient (Wildman–Crippen LogP) is 5.93. The van der Waals surface area contributed by atoms with Crippen LogP contribution in [0.5, 0.6) is 0 Å². The summed E-state index contributed by atoms with van der Waals surface area (Å²) in [4.78, 5) is 0. The number of rotatable bonds is 4. The third-order valence-corrected chi connectivity index (χ3v) is 7.03. The highest BCUT2D eigenvalue weighted by molar-refractivity contribution is 7.79. The normalized spacial score (nSPS) is 19.4. The van der Waals surface area contributed by atoms with Gasteiger partial charge in [0.1, 0.15) is 0 Å². The van der Waals surface area contributed by atoms with E-state index in [1.807, 2.05) is 0 Å². The van der Waals surface area contributed by atoms with Gasteiger partial charge in [-0.15, -0.1) is 0 Å². The van der Waals surface area contributed by atoms with E-state index in [2.05, 4.69) is 83.5 Å². The molecule has 1 aromatic carbocycles. The second kappa shape index (κ2) is 5.62. The maximum Gasteiger partial charge on any atom is 0.0266 e. The summed E-state index contributed by atoms with van der Waals surface area (Å²) < 4.78 is 2.71. The van der Waals surface area contributed by atoms with E-state index in [9.17, 15) is 0 Å². The molecule has 0 saturated carbocycles. The van der Waals surface area contributed by atoms with Gasteiger partial charge in [-0.05, 0) is 44.0 Å². The van der Waals surface area contributed by atoms with Crippen molar-refractivity contribution in [2.24, 2.45) is 5.41 Å². The lowest BCUT2D eigenvalue weighted by molar-refractivity contribution is 0.327. The van der Waals surface area contributed by atoms with Crippen LogP contribution in [0.25, 0.3) is 5.31 Å². The van der Waals surface area contributed by atoms with Crippen LogP contribution >= 0.6 is 8.07 Å². The third kappa shape index (κ3) is 3.00. The van der Waals surface area contributed by atoms with Crippen LogP contribution in [0.2, 0.25) is 0 Å². The van der Waals surface area contributed by atoms with Gasteiger partial charge in [-0.2, -0.15) is 0 Å². The minimum atomic E-state index is -0.217. The molecule has 2 rings (SSSR count).